The van der Waals surface area contributed by atoms with Crippen LogP contribution in [0.5, 0.6) is 0 Å². The van der Waals surface area contributed by atoms with Crippen LogP contribution >= 0.6 is 11.3 Å². The van der Waals surface area contributed by atoms with Gasteiger partial charge in [-0.3, -0.25) is 4.79 Å². The highest BCUT2D eigenvalue weighted by Crippen LogP contribution is 2.35. The molecule has 0 saturated carbocycles. The summed E-state index contributed by atoms with van der Waals surface area (Å²) in [5.74, 6) is -1.66. The van der Waals surface area contributed by atoms with Gasteiger partial charge in [0.25, 0.3) is 5.91 Å². The van der Waals surface area contributed by atoms with E-state index in [9.17, 15) is 14.4 Å². The summed E-state index contributed by atoms with van der Waals surface area (Å²) in [6.07, 6.45) is 1.64. The highest BCUT2D eigenvalue weighted by atomic mass is 32.1. The topological polar surface area (TPSA) is 99.5 Å². The molecule has 2 aromatic heterocycles. The molecule has 0 aliphatic heterocycles. The van der Waals surface area contributed by atoms with Crippen molar-refractivity contribution < 1.29 is 23.9 Å². The van der Waals surface area contributed by atoms with Gasteiger partial charge in [0.1, 0.15) is 15.6 Å². The highest BCUT2D eigenvalue weighted by Gasteiger charge is 2.28. The summed E-state index contributed by atoms with van der Waals surface area (Å²) in [5.41, 5.74) is 2.87. The second kappa shape index (κ2) is 11.0. The lowest BCUT2D eigenvalue weighted by Gasteiger charge is -2.07. The molecule has 1 N–H and O–H groups in total. The van der Waals surface area contributed by atoms with Crippen LogP contribution in [0.2, 0.25) is 0 Å². The Hall–Kier alpha value is -4.24. The van der Waals surface area contributed by atoms with Crippen molar-refractivity contribution >= 4 is 34.2 Å². The summed E-state index contributed by atoms with van der Waals surface area (Å²) in [4.78, 5) is 39.0. The number of esters is 2. The molecule has 0 saturated heterocycles. The number of thiophene rings is 1. The first kappa shape index (κ1) is 24.9. The predicted molar refractivity (Wildman–Crippen MR) is 138 cm³/mol. The number of ether oxygens (including phenoxy) is 2. The highest BCUT2D eigenvalue weighted by molar-refractivity contribution is 7.18. The van der Waals surface area contributed by atoms with Crippen LogP contribution in [0, 0.1) is 6.92 Å². The SMILES string of the molecule is CCOC(=O)c1sc(NC(=O)c2cn(-c3ccccc3)nc2-c2ccccc2)c(C(=O)OCC)c1C. The molecule has 4 rings (SSSR count). The van der Waals surface area contributed by atoms with Crippen molar-refractivity contribution in [3.63, 3.8) is 0 Å². The zero-order valence-electron chi connectivity index (χ0n) is 20.1. The second-order valence-corrected chi connectivity index (χ2v) is 8.71. The van der Waals surface area contributed by atoms with Crippen LogP contribution in [0.3, 0.4) is 0 Å². The molecule has 0 atom stereocenters. The fourth-order valence-corrected chi connectivity index (χ4v) is 4.76. The standard InChI is InChI=1S/C27H25N3O5S/c1-4-34-26(32)21-17(3)23(27(33)35-5-2)36-25(21)28-24(31)20-16-30(19-14-10-7-11-15-19)29-22(20)18-12-8-6-9-13-18/h6-16H,4-5H2,1-3H3,(H,28,31). The Balaban J connectivity index is 1.77. The van der Waals surface area contributed by atoms with Gasteiger partial charge in [-0.15, -0.1) is 11.3 Å². The molecule has 0 unspecified atom stereocenters. The number of amides is 1. The van der Waals surface area contributed by atoms with Gasteiger partial charge in [-0.05, 0) is 38.5 Å². The quantitative estimate of drug-likeness (QED) is 0.318. The van der Waals surface area contributed by atoms with E-state index >= 15 is 0 Å². The number of carbonyl (C=O) groups is 3. The van der Waals surface area contributed by atoms with Crippen LogP contribution < -0.4 is 5.32 Å². The molecule has 0 radical (unpaired) electrons. The number of hydrogen-bond donors (Lipinski definition) is 1. The van der Waals surface area contributed by atoms with Gasteiger partial charge in [0.05, 0.1) is 30.0 Å². The van der Waals surface area contributed by atoms with Gasteiger partial charge in [0.2, 0.25) is 0 Å². The summed E-state index contributed by atoms with van der Waals surface area (Å²) >= 11 is 0.982. The van der Waals surface area contributed by atoms with Crippen molar-refractivity contribution in [1.29, 1.82) is 0 Å². The third kappa shape index (κ3) is 5.06. The lowest BCUT2D eigenvalue weighted by atomic mass is 10.1. The van der Waals surface area contributed by atoms with Crippen LogP contribution in [0.25, 0.3) is 16.9 Å². The third-order valence-corrected chi connectivity index (χ3v) is 6.53. The van der Waals surface area contributed by atoms with Crippen LogP contribution in [-0.4, -0.2) is 40.8 Å². The van der Waals surface area contributed by atoms with Crippen molar-refractivity contribution in [2.24, 2.45) is 0 Å². The maximum Gasteiger partial charge on any atom is 0.348 e. The van der Waals surface area contributed by atoms with Crippen LogP contribution in [-0.2, 0) is 9.47 Å². The molecule has 36 heavy (non-hydrogen) atoms. The van der Waals surface area contributed by atoms with E-state index in [0.717, 1.165) is 22.6 Å². The van der Waals surface area contributed by atoms with Crippen molar-refractivity contribution in [1.82, 2.24) is 9.78 Å². The van der Waals surface area contributed by atoms with E-state index in [1.54, 1.807) is 31.6 Å². The van der Waals surface area contributed by atoms with Crippen LogP contribution in [0.1, 0.15) is 49.8 Å². The maximum absolute atomic E-state index is 13.6. The van der Waals surface area contributed by atoms with Gasteiger partial charge in [0, 0.05) is 11.8 Å². The molecule has 0 fully saturated rings. The number of benzene rings is 2. The normalized spacial score (nSPS) is 10.6. The molecule has 8 nitrogen and oxygen atoms in total. The van der Waals surface area contributed by atoms with Crippen molar-refractivity contribution in [2.75, 3.05) is 18.5 Å². The second-order valence-electron chi connectivity index (χ2n) is 7.69. The Kier molecular flexibility index (Phi) is 7.60. The fraction of sp³-hybridized carbons (Fsp3) is 0.185. The van der Waals surface area contributed by atoms with E-state index in [1.807, 2.05) is 60.7 Å². The first-order valence-electron chi connectivity index (χ1n) is 11.4. The zero-order valence-corrected chi connectivity index (χ0v) is 20.9. The molecule has 0 aliphatic rings. The minimum absolute atomic E-state index is 0.134. The molecule has 2 heterocycles. The van der Waals surface area contributed by atoms with Crippen LogP contribution in [0.15, 0.2) is 66.9 Å². The van der Waals surface area contributed by atoms with Crippen molar-refractivity contribution in [3.8, 4) is 16.9 Å². The molecule has 0 bridgehead atoms. The summed E-state index contributed by atoms with van der Waals surface area (Å²) in [7, 11) is 0. The Labute approximate surface area is 212 Å². The average molecular weight is 504 g/mol. The average Bonchev–Trinajstić information content (AvgIpc) is 3.47. The van der Waals surface area contributed by atoms with Gasteiger partial charge in [-0.1, -0.05) is 48.5 Å². The fourth-order valence-electron chi connectivity index (χ4n) is 3.67. The number of nitrogens with zero attached hydrogens (tertiary/aromatic N) is 2. The number of nitrogens with one attached hydrogen (secondary N) is 1. The first-order chi connectivity index (χ1) is 17.4. The Morgan fingerprint density at radius 3 is 2.17 bits per heavy atom. The minimum Gasteiger partial charge on any atom is -0.462 e. The van der Waals surface area contributed by atoms with E-state index in [2.05, 4.69) is 10.4 Å². The lowest BCUT2D eigenvalue weighted by molar-refractivity contribution is 0.0527. The van der Waals surface area contributed by atoms with Gasteiger partial charge in [0.15, 0.2) is 0 Å². The van der Waals surface area contributed by atoms with Crippen LogP contribution in [0.4, 0.5) is 5.00 Å². The number of rotatable bonds is 8. The molecule has 2 aromatic carbocycles. The van der Waals surface area contributed by atoms with E-state index < -0.39 is 17.8 Å². The monoisotopic (exact) mass is 503 g/mol. The molecule has 184 valence electrons. The Bertz CT molecular complexity index is 1390. The molecule has 0 spiro atoms. The molecular formula is C27H25N3O5S. The van der Waals surface area contributed by atoms with Gasteiger partial charge in [-0.25, -0.2) is 14.3 Å². The zero-order chi connectivity index (χ0) is 25.7. The van der Waals surface area contributed by atoms with Gasteiger partial charge < -0.3 is 14.8 Å². The summed E-state index contributed by atoms with van der Waals surface area (Å²) in [6, 6.07) is 18.8. The Morgan fingerprint density at radius 2 is 1.53 bits per heavy atom. The molecule has 4 aromatic rings. The lowest BCUT2D eigenvalue weighted by Crippen LogP contribution is -2.15. The minimum atomic E-state index is -0.625. The first-order valence-corrected chi connectivity index (χ1v) is 12.3. The summed E-state index contributed by atoms with van der Waals surface area (Å²) in [6.45, 7) is 5.36. The van der Waals surface area contributed by atoms with Gasteiger partial charge in [-0.2, -0.15) is 5.10 Å². The molecule has 9 heteroatoms. The molecular weight excluding hydrogens is 478 g/mol. The predicted octanol–water partition coefficient (Wildman–Crippen LogP) is 5.51. The van der Waals surface area contributed by atoms with Crippen molar-refractivity contribution in [3.05, 3.63) is 88.4 Å². The number of hydrogen-bond acceptors (Lipinski definition) is 7. The molecule has 0 aliphatic carbocycles. The summed E-state index contributed by atoms with van der Waals surface area (Å²) < 4.78 is 12.0. The number of carbonyl (C=O) groups excluding carboxylic acids is 3. The van der Waals surface area contributed by atoms with E-state index in [-0.39, 0.29) is 28.7 Å². The maximum atomic E-state index is 13.6. The Morgan fingerprint density at radius 1 is 0.917 bits per heavy atom. The largest absolute Gasteiger partial charge is 0.462 e. The van der Waals surface area contributed by atoms with E-state index in [0.29, 0.717) is 16.8 Å². The smallest absolute Gasteiger partial charge is 0.348 e. The number of anilines is 1. The third-order valence-electron chi connectivity index (χ3n) is 5.34. The number of para-hydroxylation sites is 1. The number of aromatic nitrogens is 2. The van der Waals surface area contributed by atoms with E-state index in [4.69, 9.17) is 9.47 Å². The van der Waals surface area contributed by atoms with E-state index in [1.165, 1.54) is 0 Å². The van der Waals surface area contributed by atoms with Gasteiger partial charge >= 0.3 is 11.9 Å². The molecule has 1 amide bonds. The summed E-state index contributed by atoms with van der Waals surface area (Å²) in [5, 5.41) is 7.70. The van der Waals surface area contributed by atoms with Crippen molar-refractivity contribution in [2.45, 2.75) is 20.8 Å².